The molecule has 2 aromatic carbocycles. The van der Waals surface area contributed by atoms with E-state index < -0.39 is 0 Å². The van der Waals surface area contributed by atoms with Crippen molar-refractivity contribution in [3.05, 3.63) is 71.5 Å². The number of hydrogen-bond donors (Lipinski definition) is 1. The van der Waals surface area contributed by atoms with Crippen LogP contribution in [-0.2, 0) is 17.8 Å². The number of para-hydroxylation sites is 1. The Balaban J connectivity index is 1.26. The SMILES string of the molecule is CCC(=O)N1CCc2cc(C(=O)NCc3ccc(-c4nc5ccccc5s4)o3)ccc21. The molecule has 0 saturated carbocycles. The second-order valence-electron chi connectivity index (χ2n) is 7.43. The molecule has 2 aromatic heterocycles. The number of carbonyl (C=O) groups excluding carboxylic acids is 2. The van der Waals surface area contributed by atoms with Gasteiger partial charge in [0.1, 0.15) is 5.76 Å². The number of fused-ring (bicyclic) bond motifs is 2. The summed E-state index contributed by atoms with van der Waals surface area (Å²) in [4.78, 5) is 31.1. The first-order chi connectivity index (χ1) is 15.1. The van der Waals surface area contributed by atoms with Crippen LogP contribution >= 0.6 is 11.3 Å². The molecule has 1 N–H and O–H groups in total. The summed E-state index contributed by atoms with van der Waals surface area (Å²) in [7, 11) is 0. The predicted molar refractivity (Wildman–Crippen MR) is 121 cm³/mol. The van der Waals surface area contributed by atoms with E-state index in [2.05, 4.69) is 10.3 Å². The van der Waals surface area contributed by atoms with Crippen LogP contribution < -0.4 is 10.2 Å². The van der Waals surface area contributed by atoms with Gasteiger partial charge in [0, 0.05) is 24.2 Å². The number of nitrogens with one attached hydrogen (secondary N) is 1. The van der Waals surface area contributed by atoms with E-state index in [4.69, 9.17) is 4.42 Å². The predicted octanol–water partition coefficient (Wildman–Crippen LogP) is 4.79. The van der Waals surface area contributed by atoms with Gasteiger partial charge in [-0.3, -0.25) is 9.59 Å². The molecule has 156 valence electrons. The van der Waals surface area contributed by atoms with Gasteiger partial charge in [0.05, 0.1) is 16.8 Å². The first-order valence-corrected chi connectivity index (χ1v) is 11.1. The van der Waals surface area contributed by atoms with E-state index in [0.29, 0.717) is 36.6 Å². The molecule has 0 spiro atoms. The highest BCUT2D eigenvalue weighted by Gasteiger charge is 2.24. The zero-order valence-electron chi connectivity index (χ0n) is 17.1. The van der Waals surface area contributed by atoms with Crippen molar-refractivity contribution in [3.63, 3.8) is 0 Å². The lowest BCUT2D eigenvalue weighted by atomic mass is 10.1. The minimum atomic E-state index is -0.166. The van der Waals surface area contributed by atoms with Crippen molar-refractivity contribution in [3.8, 4) is 10.8 Å². The average Bonchev–Trinajstić information content (AvgIpc) is 3.53. The largest absolute Gasteiger partial charge is 0.457 e. The molecule has 0 radical (unpaired) electrons. The third-order valence-electron chi connectivity index (χ3n) is 5.43. The average molecular weight is 432 g/mol. The molecule has 1 aliphatic rings. The minimum absolute atomic E-state index is 0.109. The number of anilines is 1. The molecule has 2 amide bonds. The summed E-state index contributed by atoms with van der Waals surface area (Å²) < 4.78 is 7.01. The maximum atomic E-state index is 12.6. The molecule has 0 aliphatic carbocycles. The van der Waals surface area contributed by atoms with Crippen molar-refractivity contribution in [2.75, 3.05) is 11.4 Å². The smallest absolute Gasteiger partial charge is 0.251 e. The zero-order valence-corrected chi connectivity index (χ0v) is 17.9. The Morgan fingerprint density at radius 3 is 2.87 bits per heavy atom. The monoisotopic (exact) mass is 431 g/mol. The molecule has 7 heteroatoms. The van der Waals surface area contributed by atoms with Crippen LogP contribution in [0.1, 0.15) is 35.0 Å². The lowest BCUT2D eigenvalue weighted by Gasteiger charge is -2.16. The van der Waals surface area contributed by atoms with Gasteiger partial charge in [0.2, 0.25) is 5.91 Å². The van der Waals surface area contributed by atoms with Gasteiger partial charge in [-0.2, -0.15) is 0 Å². The van der Waals surface area contributed by atoms with Crippen LogP contribution in [0.5, 0.6) is 0 Å². The third-order valence-corrected chi connectivity index (χ3v) is 6.48. The second-order valence-corrected chi connectivity index (χ2v) is 8.46. The van der Waals surface area contributed by atoms with E-state index in [1.54, 1.807) is 22.3 Å². The summed E-state index contributed by atoms with van der Waals surface area (Å²) in [6.45, 7) is 2.83. The van der Waals surface area contributed by atoms with E-state index in [9.17, 15) is 9.59 Å². The summed E-state index contributed by atoms with van der Waals surface area (Å²) in [6.07, 6.45) is 1.25. The second kappa shape index (κ2) is 8.00. The van der Waals surface area contributed by atoms with E-state index >= 15 is 0 Å². The molecule has 0 fully saturated rings. The fourth-order valence-electron chi connectivity index (χ4n) is 3.83. The van der Waals surface area contributed by atoms with Crippen molar-refractivity contribution in [2.24, 2.45) is 0 Å². The summed E-state index contributed by atoms with van der Waals surface area (Å²) in [5, 5.41) is 3.74. The maximum Gasteiger partial charge on any atom is 0.251 e. The van der Waals surface area contributed by atoms with Crippen molar-refractivity contribution >= 4 is 39.1 Å². The van der Waals surface area contributed by atoms with Gasteiger partial charge in [-0.25, -0.2) is 4.98 Å². The van der Waals surface area contributed by atoms with Crippen LogP contribution in [0.15, 0.2) is 59.0 Å². The number of hydrogen-bond acceptors (Lipinski definition) is 5. The standard InChI is InChI=1S/C24H21N3O3S/c1-2-22(28)27-12-11-15-13-16(7-9-19(15)27)23(29)25-14-17-8-10-20(30-17)24-26-18-5-3-4-6-21(18)31-24/h3-10,13H,2,11-12,14H2,1H3,(H,25,29). The fourth-order valence-corrected chi connectivity index (χ4v) is 4.76. The first-order valence-electron chi connectivity index (χ1n) is 10.3. The highest BCUT2D eigenvalue weighted by Crippen LogP contribution is 2.31. The van der Waals surface area contributed by atoms with Gasteiger partial charge >= 0.3 is 0 Å². The zero-order chi connectivity index (χ0) is 21.4. The topological polar surface area (TPSA) is 75.4 Å². The number of furan rings is 1. The van der Waals surface area contributed by atoms with Gasteiger partial charge in [-0.05, 0) is 54.4 Å². The Morgan fingerprint density at radius 1 is 1.16 bits per heavy atom. The lowest BCUT2D eigenvalue weighted by Crippen LogP contribution is -2.27. The molecule has 0 atom stereocenters. The minimum Gasteiger partial charge on any atom is -0.457 e. The molecule has 6 nitrogen and oxygen atoms in total. The number of amides is 2. The van der Waals surface area contributed by atoms with Crippen molar-refractivity contribution in [1.82, 2.24) is 10.3 Å². The molecule has 1 aliphatic heterocycles. The summed E-state index contributed by atoms with van der Waals surface area (Å²) in [5.74, 6) is 1.31. The third kappa shape index (κ3) is 3.72. The Hall–Kier alpha value is -3.45. The lowest BCUT2D eigenvalue weighted by molar-refractivity contribution is -0.118. The van der Waals surface area contributed by atoms with Gasteiger partial charge in [-0.1, -0.05) is 19.1 Å². The van der Waals surface area contributed by atoms with E-state index in [-0.39, 0.29) is 11.8 Å². The Morgan fingerprint density at radius 2 is 2.03 bits per heavy atom. The van der Waals surface area contributed by atoms with Gasteiger partial charge in [-0.15, -0.1) is 11.3 Å². The normalized spacial score (nSPS) is 12.9. The molecule has 3 heterocycles. The van der Waals surface area contributed by atoms with Gasteiger partial charge in [0.15, 0.2) is 10.8 Å². The first kappa shape index (κ1) is 19.5. The molecular formula is C24H21N3O3S. The Labute approximate surface area is 183 Å². The van der Waals surface area contributed by atoms with Crippen molar-refractivity contribution in [1.29, 1.82) is 0 Å². The van der Waals surface area contributed by atoms with Crippen LogP contribution in [0.3, 0.4) is 0 Å². The van der Waals surface area contributed by atoms with Crippen LogP contribution in [-0.4, -0.2) is 23.3 Å². The van der Waals surface area contributed by atoms with Crippen LogP contribution in [0.4, 0.5) is 5.69 Å². The Kier molecular flexibility index (Phi) is 5.03. The molecule has 4 aromatic rings. The highest BCUT2D eigenvalue weighted by molar-refractivity contribution is 7.21. The van der Waals surface area contributed by atoms with E-state index in [1.165, 1.54) is 0 Å². The molecule has 31 heavy (non-hydrogen) atoms. The number of thiazole rings is 1. The van der Waals surface area contributed by atoms with Crippen molar-refractivity contribution < 1.29 is 14.0 Å². The number of benzene rings is 2. The quantitative estimate of drug-likeness (QED) is 0.493. The molecule has 0 bridgehead atoms. The van der Waals surface area contributed by atoms with Crippen LogP contribution in [0.25, 0.3) is 21.0 Å². The summed E-state index contributed by atoms with van der Waals surface area (Å²) in [5.41, 5.74) is 3.48. The van der Waals surface area contributed by atoms with Crippen LogP contribution in [0, 0.1) is 0 Å². The molecular weight excluding hydrogens is 410 g/mol. The number of rotatable bonds is 5. The van der Waals surface area contributed by atoms with Crippen molar-refractivity contribution in [2.45, 2.75) is 26.3 Å². The number of aromatic nitrogens is 1. The molecule has 0 saturated heterocycles. The number of carbonyl (C=O) groups is 2. The summed E-state index contributed by atoms with van der Waals surface area (Å²) >= 11 is 1.58. The van der Waals surface area contributed by atoms with E-state index in [1.807, 2.05) is 55.5 Å². The summed E-state index contributed by atoms with van der Waals surface area (Å²) in [6, 6.07) is 17.2. The highest BCUT2D eigenvalue weighted by atomic mass is 32.1. The van der Waals surface area contributed by atoms with Crippen LogP contribution in [0.2, 0.25) is 0 Å². The molecule has 5 rings (SSSR count). The molecule has 0 unspecified atom stereocenters. The fraction of sp³-hybridized carbons (Fsp3) is 0.208. The van der Waals surface area contributed by atoms with Gasteiger partial charge in [0.25, 0.3) is 5.91 Å². The van der Waals surface area contributed by atoms with E-state index in [0.717, 1.165) is 32.9 Å². The Bertz CT molecular complexity index is 1260. The maximum absolute atomic E-state index is 12.6. The van der Waals surface area contributed by atoms with Gasteiger partial charge < -0.3 is 14.6 Å². The number of nitrogens with zero attached hydrogens (tertiary/aromatic N) is 2.